The van der Waals surface area contributed by atoms with Crippen LogP contribution in [0, 0.1) is 0 Å². The molecule has 0 spiro atoms. The van der Waals surface area contributed by atoms with Crippen molar-refractivity contribution in [3.05, 3.63) is 115 Å². The number of anilines is 3. The molecule has 0 radical (unpaired) electrons. The van der Waals surface area contributed by atoms with Crippen LogP contribution in [0.15, 0.2) is 124 Å². The highest BCUT2D eigenvalue weighted by Crippen LogP contribution is 2.41. The van der Waals surface area contributed by atoms with E-state index in [9.17, 15) is 0 Å². The minimum absolute atomic E-state index is 0.758. The summed E-state index contributed by atoms with van der Waals surface area (Å²) in [4.78, 5) is 12.4. The second kappa shape index (κ2) is 8.15. The molecule has 0 amide bonds. The van der Waals surface area contributed by atoms with Crippen LogP contribution in [-0.4, -0.2) is 9.97 Å². The highest BCUT2D eigenvalue weighted by molar-refractivity contribution is 7.25. The molecule has 0 N–H and O–H groups in total. The van der Waals surface area contributed by atoms with Crippen LogP contribution in [0.25, 0.3) is 64.3 Å². The molecule has 0 bridgehead atoms. The van der Waals surface area contributed by atoms with E-state index >= 15 is 0 Å². The van der Waals surface area contributed by atoms with Crippen molar-refractivity contribution in [2.75, 3.05) is 4.90 Å². The van der Waals surface area contributed by atoms with Gasteiger partial charge < -0.3 is 8.83 Å². The van der Waals surface area contributed by atoms with Gasteiger partial charge in [0.05, 0.1) is 0 Å². The minimum Gasteiger partial charge on any atom is -0.454 e. The number of pyridine rings is 2. The van der Waals surface area contributed by atoms with E-state index in [1.54, 1.807) is 0 Å². The van der Waals surface area contributed by atoms with E-state index in [2.05, 4.69) is 47.4 Å². The van der Waals surface area contributed by atoms with Gasteiger partial charge in [-0.1, -0.05) is 42.5 Å². The van der Waals surface area contributed by atoms with Gasteiger partial charge >= 0.3 is 0 Å². The Balaban J connectivity index is 1.32. The first-order valence-electron chi connectivity index (χ1n) is 13.1. The third kappa shape index (κ3) is 3.14. The van der Waals surface area contributed by atoms with Gasteiger partial charge in [-0.15, -0.1) is 11.3 Å². The van der Waals surface area contributed by atoms with Gasteiger partial charge in [-0.05, 0) is 72.8 Å². The zero-order valence-corrected chi connectivity index (χ0v) is 21.9. The van der Waals surface area contributed by atoms with Gasteiger partial charge in [0.15, 0.2) is 11.2 Å². The van der Waals surface area contributed by atoms with Crippen LogP contribution in [0.1, 0.15) is 0 Å². The Hall–Kier alpha value is -5.20. The predicted octanol–water partition coefficient (Wildman–Crippen LogP) is 10.1. The maximum Gasteiger partial charge on any atom is 0.154 e. The molecule has 5 nitrogen and oxygen atoms in total. The molecule has 40 heavy (non-hydrogen) atoms. The number of para-hydroxylation sites is 2. The highest BCUT2D eigenvalue weighted by Gasteiger charge is 2.20. The molecule has 0 aliphatic rings. The summed E-state index contributed by atoms with van der Waals surface area (Å²) in [5.41, 5.74) is 5.80. The largest absolute Gasteiger partial charge is 0.454 e. The van der Waals surface area contributed by atoms with Crippen LogP contribution in [0.2, 0.25) is 0 Å². The number of rotatable bonds is 3. The summed E-state index contributed by atoms with van der Waals surface area (Å²) in [5.74, 6) is 1.52. The normalized spacial score (nSPS) is 12.0. The van der Waals surface area contributed by atoms with E-state index in [4.69, 9.17) is 18.8 Å². The average molecular weight is 534 g/mol. The SMILES string of the molecule is c1ccc2c(c1)oc1ccc(N(c3ccc4sc5ccccc5c4c3)c3ccc4oc5ccccc5c4n3)nc12. The van der Waals surface area contributed by atoms with Crippen LogP contribution >= 0.6 is 11.3 Å². The zero-order valence-electron chi connectivity index (χ0n) is 21.0. The van der Waals surface area contributed by atoms with Crippen LogP contribution in [0.4, 0.5) is 17.3 Å². The smallest absolute Gasteiger partial charge is 0.154 e. The molecule has 0 unspecified atom stereocenters. The molecule has 4 aromatic carbocycles. The Labute approximate surface area is 231 Å². The van der Waals surface area contributed by atoms with E-state index in [-0.39, 0.29) is 0 Å². The molecule has 0 saturated heterocycles. The molecule has 0 fully saturated rings. The average Bonchev–Trinajstić information content (AvgIpc) is 3.68. The van der Waals surface area contributed by atoms with Crippen molar-refractivity contribution in [1.82, 2.24) is 9.97 Å². The summed E-state index contributed by atoms with van der Waals surface area (Å²) < 4.78 is 14.7. The van der Waals surface area contributed by atoms with E-state index in [0.29, 0.717) is 0 Å². The first kappa shape index (κ1) is 21.7. The number of fused-ring (bicyclic) bond motifs is 9. The van der Waals surface area contributed by atoms with Crippen molar-refractivity contribution in [3.63, 3.8) is 0 Å². The van der Waals surface area contributed by atoms with Crippen molar-refractivity contribution >= 4 is 93.0 Å². The number of benzene rings is 4. The summed E-state index contributed by atoms with van der Waals surface area (Å²) >= 11 is 1.81. The van der Waals surface area contributed by atoms with E-state index in [1.165, 1.54) is 20.2 Å². The Morgan fingerprint density at radius 1 is 0.475 bits per heavy atom. The van der Waals surface area contributed by atoms with Crippen molar-refractivity contribution in [2.45, 2.75) is 0 Å². The van der Waals surface area contributed by atoms with E-state index in [0.717, 1.165) is 61.5 Å². The fraction of sp³-hybridized carbons (Fsp3) is 0. The standard InChI is InChI=1S/C34H19N3O2S/c1-4-10-25-22(8-1)33-27(38-25)14-17-31(35-33)37(20-13-16-30-24(19-20)21-7-3-6-12-29(21)40-30)32-18-15-28-34(36-32)23-9-2-5-11-26(23)39-28/h1-19H. The monoisotopic (exact) mass is 533 g/mol. The summed E-state index contributed by atoms with van der Waals surface area (Å²) in [6.07, 6.45) is 0. The Kier molecular flexibility index (Phi) is 4.42. The fourth-order valence-corrected chi connectivity index (χ4v) is 6.73. The lowest BCUT2D eigenvalue weighted by Gasteiger charge is -2.23. The predicted molar refractivity (Wildman–Crippen MR) is 164 cm³/mol. The molecule has 6 heteroatoms. The van der Waals surface area contributed by atoms with E-state index in [1.807, 2.05) is 84.1 Å². The van der Waals surface area contributed by atoms with Crippen LogP contribution in [-0.2, 0) is 0 Å². The lowest BCUT2D eigenvalue weighted by molar-refractivity contribution is 0.668. The number of furan rings is 2. The Morgan fingerprint density at radius 3 is 1.68 bits per heavy atom. The van der Waals surface area contributed by atoms with Crippen molar-refractivity contribution in [3.8, 4) is 0 Å². The number of thiophene rings is 1. The van der Waals surface area contributed by atoms with Crippen molar-refractivity contribution in [1.29, 1.82) is 0 Å². The second-order valence-corrected chi connectivity index (χ2v) is 10.9. The van der Waals surface area contributed by atoms with Gasteiger partial charge in [-0.25, -0.2) is 9.97 Å². The summed E-state index contributed by atoms with van der Waals surface area (Å²) in [7, 11) is 0. The molecule has 5 heterocycles. The lowest BCUT2D eigenvalue weighted by atomic mass is 10.1. The van der Waals surface area contributed by atoms with Crippen LogP contribution < -0.4 is 4.90 Å². The van der Waals surface area contributed by atoms with Gasteiger partial charge in [0, 0.05) is 36.6 Å². The highest BCUT2D eigenvalue weighted by atomic mass is 32.1. The van der Waals surface area contributed by atoms with E-state index < -0.39 is 0 Å². The topological polar surface area (TPSA) is 55.3 Å². The third-order valence-corrected chi connectivity index (χ3v) is 8.64. The summed E-state index contributed by atoms with van der Waals surface area (Å²) in [6.45, 7) is 0. The van der Waals surface area contributed by atoms with Crippen molar-refractivity contribution < 1.29 is 8.83 Å². The third-order valence-electron chi connectivity index (χ3n) is 7.49. The number of aromatic nitrogens is 2. The molecule has 0 aliphatic heterocycles. The maximum atomic E-state index is 6.08. The molecule has 9 rings (SSSR count). The zero-order chi connectivity index (χ0) is 26.2. The molecule has 9 aromatic rings. The van der Waals surface area contributed by atoms with Gasteiger partial charge in [0.2, 0.25) is 0 Å². The molecule has 0 saturated carbocycles. The number of hydrogen-bond donors (Lipinski definition) is 0. The molecule has 0 aliphatic carbocycles. The Morgan fingerprint density at radius 2 is 1.02 bits per heavy atom. The number of hydrogen-bond acceptors (Lipinski definition) is 6. The van der Waals surface area contributed by atoms with Crippen LogP contribution in [0.3, 0.4) is 0 Å². The summed E-state index contributed by atoms with van der Waals surface area (Å²) in [6, 6.07) is 39.2. The molecular formula is C34H19N3O2S. The van der Waals surface area contributed by atoms with Gasteiger partial charge in [0.25, 0.3) is 0 Å². The first-order valence-corrected chi connectivity index (χ1v) is 13.9. The minimum atomic E-state index is 0.758. The lowest BCUT2D eigenvalue weighted by Crippen LogP contribution is -2.13. The van der Waals surface area contributed by atoms with Crippen LogP contribution in [0.5, 0.6) is 0 Å². The van der Waals surface area contributed by atoms with Gasteiger partial charge in [-0.3, -0.25) is 4.90 Å². The maximum absolute atomic E-state index is 6.08. The molecule has 0 atom stereocenters. The summed E-state index contributed by atoms with van der Waals surface area (Å²) in [5, 5.41) is 4.44. The fourth-order valence-electron chi connectivity index (χ4n) is 5.65. The van der Waals surface area contributed by atoms with Gasteiger partial charge in [0.1, 0.15) is 33.8 Å². The first-order chi connectivity index (χ1) is 19.8. The van der Waals surface area contributed by atoms with Crippen molar-refractivity contribution in [2.24, 2.45) is 0 Å². The second-order valence-electron chi connectivity index (χ2n) is 9.84. The molecule has 188 valence electrons. The van der Waals surface area contributed by atoms with Gasteiger partial charge in [-0.2, -0.15) is 0 Å². The number of nitrogens with zero attached hydrogens (tertiary/aromatic N) is 3. The quantitative estimate of drug-likeness (QED) is 0.226. The molecule has 5 aromatic heterocycles. The Bertz CT molecular complexity index is 2150. The molecular weight excluding hydrogens is 514 g/mol.